The van der Waals surface area contributed by atoms with E-state index in [1.165, 1.54) is 7.11 Å². The summed E-state index contributed by atoms with van der Waals surface area (Å²) in [7, 11) is 1.23. The number of nitrogens with one attached hydrogen (secondary N) is 1. The van der Waals surface area contributed by atoms with E-state index in [0.29, 0.717) is 6.61 Å². The number of esters is 1. The van der Waals surface area contributed by atoms with Crippen LogP contribution in [0, 0.1) is 0 Å². The van der Waals surface area contributed by atoms with Gasteiger partial charge in [-0.1, -0.05) is 91.0 Å². The summed E-state index contributed by atoms with van der Waals surface area (Å²) in [5, 5.41) is 2.56. The van der Waals surface area contributed by atoms with E-state index in [9.17, 15) is 9.59 Å². The van der Waals surface area contributed by atoms with Crippen molar-refractivity contribution in [3.63, 3.8) is 0 Å². The van der Waals surface area contributed by atoms with E-state index in [4.69, 9.17) is 38.9 Å². The van der Waals surface area contributed by atoms with Gasteiger partial charge in [-0.25, -0.2) is 9.59 Å². The Labute approximate surface area is 282 Å². The number of hydrogen-bond donors (Lipinski definition) is 2. The van der Waals surface area contributed by atoms with E-state index < -0.39 is 60.5 Å². The largest absolute Gasteiger partial charge is 0.467 e. The molecule has 1 aliphatic rings. The number of nitrogens with two attached hydrogens (primary N) is 1. The van der Waals surface area contributed by atoms with Crippen LogP contribution in [0.4, 0.5) is 4.79 Å². The number of rotatable bonds is 15. The fourth-order valence-electron chi connectivity index (χ4n) is 5.21. The van der Waals surface area contributed by atoms with Crippen molar-refractivity contribution in [1.82, 2.24) is 5.32 Å². The van der Waals surface area contributed by atoms with Crippen molar-refractivity contribution in [2.45, 2.75) is 95.9 Å². The van der Waals surface area contributed by atoms with Crippen LogP contribution in [0.1, 0.15) is 44.4 Å². The smallest absolute Gasteiger partial charge is 0.408 e. The maximum Gasteiger partial charge on any atom is 0.408 e. The van der Waals surface area contributed by atoms with Crippen LogP contribution in [0.15, 0.2) is 91.0 Å². The molecule has 11 nitrogen and oxygen atoms in total. The van der Waals surface area contributed by atoms with Gasteiger partial charge in [0.05, 0.1) is 45.7 Å². The molecule has 3 N–H and O–H groups in total. The van der Waals surface area contributed by atoms with Crippen LogP contribution in [0.2, 0.25) is 0 Å². The van der Waals surface area contributed by atoms with E-state index >= 15 is 0 Å². The molecule has 0 spiro atoms. The molecule has 4 rings (SSSR count). The first-order chi connectivity index (χ1) is 23.0. The Kier molecular flexibility index (Phi) is 13.9. The number of methoxy groups -OCH3 is 1. The Hall–Kier alpha value is -3.84. The minimum atomic E-state index is -1.22. The van der Waals surface area contributed by atoms with E-state index in [1.807, 2.05) is 91.0 Å². The summed E-state index contributed by atoms with van der Waals surface area (Å²) < 4.78 is 42.2. The Morgan fingerprint density at radius 1 is 0.812 bits per heavy atom. The molecule has 1 aliphatic heterocycles. The normalized spacial score (nSPS) is 22.3. The molecule has 11 heteroatoms. The van der Waals surface area contributed by atoms with Gasteiger partial charge in [0.2, 0.25) is 0 Å². The molecule has 0 bridgehead atoms. The summed E-state index contributed by atoms with van der Waals surface area (Å²) in [5.74, 6) is -0.721. The molecule has 1 amide bonds. The highest BCUT2D eigenvalue weighted by molar-refractivity contribution is 5.82. The van der Waals surface area contributed by atoms with Crippen LogP contribution >= 0.6 is 0 Å². The zero-order valence-corrected chi connectivity index (χ0v) is 28.3. The number of alkyl carbamates (subject to hydrolysis) is 1. The quantitative estimate of drug-likeness (QED) is 0.216. The summed E-state index contributed by atoms with van der Waals surface area (Å²) in [6.45, 7) is 7.81. The van der Waals surface area contributed by atoms with Crippen molar-refractivity contribution in [2.75, 3.05) is 13.7 Å². The SMILES string of the molecule is COC(=O)[C@@H](NC(=O)OC(C)(C)C)[C@@H](C)O[C@H]1O[C@H](COCc2ccccc2)[C@H](OCc2ccccc2)[C@H](OCc2ccccc2)[C@H]1N. The predicted octanol–water partition coefficient (Wildman–Crippen LogP) is 4.90. The second kappa shape index (κ2) is 18.1. The Morgan fingerprint density at radius 3 is 1.81 bits per heavy atom. The molecule has 0 unspecified atom stereocenters. The third-order valence-corrected chi connectivity index (χ3v) is 7.60. The maximum atomic E-state index is 12.8. The molecule has 3 aromatic carbocycles. The second-order valence-electron chi connectivity index (χ2n) is 12.6. The van der Waals surface area contributed by atoms with Gasteiger partial charge < -0.3 is 44.2 Å². The van der Waals surface area contributed by atoms with Crippen molar-refractivity contribution >= 4 is 12.1 Å². The molecule has 0 radical (unpaired) electrons. The van der Waals surface area contributed by atoms with Crippen LogP contribution in [0.25, 0.3) is 0 Å². The minimum absolute atomic E-state index is 0.136. The fourth-order valence-corrected chi connectivity index (χ4v) is 5.21. The molecular weight excluding hydrogens is 616 g/mol. The fraction of sp³-hybridized carbons (Fsp3) is 0.459. The summed E-state index contributed by atoms with van der Waals surface area (Å²) in [6, 6.07) is 27.2. The highest BCUT2D eigenvalue weighted by Gasteiger charge is 2.48. The topological polar surface area (TPSA) is 137 Å². The van der Waals surface area contributed by atoms with E-state index in [0.717, 1.165) is 16.7 Å². The number of ether oxygens (including phenoxy) is 7. The first-order valence-corrected chi connectivity index (χ1v) is 16.1. The maximum absolute atomic E-state index is 12.8. The lowest BCUT2D eigenvalue weighted by Crippen LogP contribution is -2.65. The lowest BCUT2D eigenvalue weighted by atomic mass is 9.96. The molecule has 7 atom stereocenters. The van der Waals surface area contributed by atoms with Gasteiger partial charge in [0.1, 0.15) is 23.9 Å². The van der Waals surface area contributed by atoms with Crippen molar-refractivity contribution < 1.29 is 42.7 Å². The zero-order valence-electron chi connectivity index (χ0n) is 28.3. The second-order valence-corrected chi connectivity index (χ2v) is 12.6. The van der Waals surface area contributed by atoms with Crippen LogP contribution in [0.5, 0.6) is 0 Å². The Morgan fingerprint density at radius 2 is 1.31 bits per heavy atom. The minimum Gasteiger partial charge on any atom is -0.467 e. The molecule has 0 saturated carbocycles. The molecule has 0 aliphatic carbocycles. The summed E-state index contributed by atoms with van der Waals surface area (Å²) in [6.07, 6.45) is -4.84. The van der Waals surface area contributed by atoms with E-state index in [-0.39, 0.29) is 19.8 Å². The number of hydrogen-bond acceptors (Lipinski definition) is 10. The van der Waals surface area contributed by atoms with Gasteiger partial charge in [0, 0.05) is 0 Å². The molecule has 48 heavy (non-hydrogen) atoms. The van der Waals surface area contributed by atoms with Gasteiger partial charge in [-0.3, -0.25) is 0 Å². The standard InChI is InChI=1S/C37H48N2O9/c1-25(31(34(40)42-5)39-36(41)48-37(2,3)4)46-35-30(38)33(45-23-28-19-13-8-14-20-28)32(44-22-27-17-11-7-12-18-27)29(47-35)24-43-21-26-15-9-6-10-16-26/h6-20,25,29-33,35H,21-24,38H2,1-5H3,(H,39,41)/t25-,29-,30-,31+,32+,33-,35+/m1/s1. The van der Waals surface area contributed by atoms with Crippen LogP contribution in [-0.2, 0) is 57.8 Å². The molecule has 1 fully saturated rings. The average molecular weight is 665 g/mol. The predicted molar refractivity (Wildman–Crippen MR) is 178 cm³/mol. The number of benzene rings is 3. The van der Waals surface area contributed by atoms with Gasteiger partial charge in [0.15, 0.2) is 12.3 Å². The van der Waals surface area contributed by atoms with Gasteiger partial charge in [0.25, 0.3) is 0 Å². The van der Waals surface area contributed by atoms with Crippen LogP contribution in [0.3, 0.4) is 0 Å². The monoisotopic (exact) mass is 664 g/mol. The van der Waals surface area contributed by atoms with Crippen molar-refractivity contribution in [1.29, 1.82) is 0 Å². The number of amides is 1. The molecule has 3 aromatic rings. The molecular formula is C37H48N2O9. The molecule has 1 heterocycles. The lowest BCUT2D eigenvalue weighted by molar-refractivity contribution is -0.296. The Bertz CT molecular complexity index is 1390. The number of carbonyl (C=O) groups is 2. The molecule has 260 valence electrons. The summed E-state index contributed by atoms with van der Waals surface area (Å²) >= 11 is 0. The molecule has 1 saturated heterocycles. The van der Waals surface area contributed by atoms with Gasteiger partial charge in [-0.2, -0.15) is 0 Å². The van der Waals surface area contributed by atoms with Gasteiger partial charge in [-0.05, 0) is 44.4 Å². The average Bonchev–Trinajstić information content (AvgIpc) is 3.07. The van der Waals surface area contributed by atoms with Gasteiger partial charge in [-0.15, -0.1) is 0 Å². The third kappa shape index (κ3) is 11.4. The first kappa shape index (κ1) is 37.0. The third-order valence-electron chi connectivity index (χ3n) is 7.60. The van der Waals surface area contributed by atoms with Crippen LogP contribution < -0.4 is 11.1 Å². The van der Waals surface area contributed by atoms with Crippen molar-refractivity contribution in [3.05, 3.63) is 108 Å². The van der Waals surface area contributed by atoms with Gasteiger partial charge >= 0.3 is 12.1 Å². The highest BCUT2D eigenvalue weighted by atomic mass is 16.7. The lowest BCUT2D eigenvalue weighted by Gasteiger charge is -2.45. The summed E-state index contributed by atoms with van der Waals surface area (Å²) in [5.41, 5.74) is 8.98. The van der Waals surface area contributed by atoms with E-state index in [1.54, 1.807) is 27.7 Å². The first-order valence-electron chi connectivity index (χ1n) is 16.1. The van der Waals surface area contributed by atoms with Crippen molar-refractivity contribution in [3.8, 4) is 0 Å². The zero-order chi connectivity index (χ0) is 34.5. The number of carbonyl (C=O) groups excluding carboxylic acids is 2. The summed E-state index contributed by atoms with van der Waals surface area (Å²) in [4.78, 5) is 25.4. The van der Waals surface area contributed by atoms with E-state index in [2.05, 4.69) is 5.32 Å². The highest BCUT2D eigenvalue weighted by Crippen LogP contribution is 2.29. The van der Waals surface area contributed by atoms with Crippen LogP contribution in [-0.4, -0.2) is 74.2 Å². The van der Waals surface area contributed by atoms with Crippen molar-refractivity contribution in [2.24, 2.45) is 5.73 Å². The Balaban J connectivity index is 1.58. The molecule has 0 aromatic heterocycles.